The van der Waals surface area contributed by atoms with Crippen LogP contribution in [0.25, 0.3) is 0 Å². The van der Waals surface area contributed by atoms with Gasteiger partial charge in [-0.25, -0.2) is 8.42 Å². The molecule has 3 aromatic rings. The van der Waals surface area contributed by atoms with Crippen molar-refractivity contribution in [3.8, 4) is 11.5 Å². The molecule has 2 amide bonds. The maximum atomic E-state index is 13.9. The molecule has 9 nitrogen and oxygen atoms in total. The molecule has 0 aliphatic rings. The summed E-state index contributed by atoms with van der Waals surface area (Å²) in [5.41, 5.74) is 0.979. The van der Waals surface area contributed by atoms with Gasteiger partial charge in [0.05, 0.1) is 24.8 Å². The van der Waals surface area contributed by atoms with Crippen LogP contribution in [0.15, 0.2) is 76.1 Å². The quantitative estimate of drug-likeness (QED) is 0.332. The number of amides is 2. The number of nitrogens with one attached hydrogen (secondary N) is 1. The molecular weight excluding hydrogens is 610 g/mol. The van der Waals surface area contributed by atoms with E-state index < -0.39 is 28.5 Å². The molecule has 208 valence electrons. The van der Waals surface area contributed by atoms with E-state index in [0.717, 1.165) is 14.3 Å². The second kappa shape index (κ2) is 13.2. The fraction of sp³-hybridized carbons (Fsp3) is 0.259. The molecule has 0 spiro atoms. The van der Waals surface area contributed by atoms with Gasteiger partial charge in [0.15, 0.2) is 11.5 Å². The average molecular weight is 639 g/mol. The molecule has 39 heavy (non-hydrogen) atoms. The van der Waals surface area contributed by atoms with Gasteiger partial charge in [0, 0.05) is 29.2 Å². The Hall–Kier alpha value is -3.28. The molecule has 0 aliphatic heterocycles. The van der Waals surface area contributed by atoms with Crippen LogP contribution in [0.3, 0.4) is 0 Å². The number of rotatable bonds is 11. The summed E-state index contributed by atoms with van der Waals surface area (Å²) in [5, 5.41) is 2.95. The number of likely N-dealkylation sites (N-methyl/N-ethyl adjacent to an activating group) is 1. The van der Waals surface area contributed by atoms with Crippen LogP contribution in [0.5, 0.6) is 11.5 Å². The fourth-order valence-corrected chi connectivity index (χ4v) is 5.87. The molecule has 0 aliphatic carbocycles. The highest BCUT2D eigenvalue weighted by molar-refractivity contribution is 9.10. The highest BCUT2D eigenvalue weighted by Crippen LogP contribution is 2.32. The Bertz CT molecular complexity index is 1440. The zero-order valence-corrected chi connectivity index (χ0v) is 25.0. The van der Waals surface area contributed by atoms with Crippen LogP contribution in [0.1, 0.15) is 12.5 Å². The van der Waals surface area contributed by atoms with Crippen molar-refractivity contribution in [1.82, 2.24) is 10.2 Å². The van der Waals surface area contributed by atoms with Gasteiger partial charge in [-0.15, -0.1) is 0 Å². The summed E-state index contributed by atoms with van der Waals surface area (Å²) < 4.78 is 40.2. The van der Waals surface area contributed by atoms with Crippen molar-refractivity contribution < 1.29 is 27.5 Å². The number of nitrogens with zero attached hydrogens (tertiary/aromatic N) is 2. The van der Waals surface area contributed by atoms with Crippen molar-refractivity contribution in [3.63, 3.8) is 0 Å². The Balaban J connectivity index is 2.07. The normalized spacial score (nSPS) is 11.8. The molecule has 0 heterocycles. The van der Waals surface area contributed by atoms with Crippen molar-refractivity contribution in [3.05, 3.63) is 81.8 Å². The van der Waals surface area contributed by atoms with E-state index in [9.17, 15) is 18.0 Å². The minimum absolute atomic E-state index is 0.0811. The zero-order chi connectivity index (χ0) is 28.7. The maximum Gasteiger partial charge on any atom is 0.264 e. The summed E-state index contributed by atoms with van der Waals surface area (Å²) in [6.45, 7) is 1.09. The molecule has 3 rings (SSSR count). The van der Waals surface area contributed by atoms with Crippen LogP contribution in [-0.4, -0.2) is 59.0 Å². The van der Waals surface area contributed by atoms with E-state index in [1.807, 2.05) is 24.3 Å². The number of carbonyl (C=O) groups is 2. The summed E-state index contributed by atoms with van der Waals surface area (Å²) >= 11 is 9.47. The molecule has 12 heteroatoms. The van der Waals surface area contributed by atoms with Crippen LogP contribution in [0.4, 0.5) is 5.69 Å². The first-order valence-corrected chi connectivity index (χ1v) is 14.4. The zero-order valence-electron chi connectivity index (χ0n) is 21.9. The number of benzene rings is 3. The van der Waals surface area contributed by atoms with E-state index in [4.69, 9.17) is 21.1 Å². The Kier molecular flexibility index (Phi) is 10.2. The average Bonchev–Trinajstić information content (AvgIpc) is 2.93. The van der Waals surface area contributed by atoms with E-state index >= 15 is 0 Å². The van der Waals surface area contributed by atoms with Crippen molar-refractivity contribution in [2.24, 2.45) is 0 Å². The Morgan fingerprint density at radius 1 is 1.00 bits per heavy atom. The van der Waals surface area contributed by atoms with Crippen molar-refractivity contribution in [2.45, 2.75) is 24.4 Å². The van der Waals surface area contributed by atoms with Gasteiger partial charge >= 0.3 is 0 Å². The van der Waals surface area contributed by atoms with E-state index in [1.54, 1.807) is 6.92 Å². The lowest BCUT2D eigenvalue weighted by Crippen LogP contribution is -2.50. The topological polar surface area (TPSA) is 105 Å². The Morgan fingerprint density at radius 2 is 1.67 bits per heavy atom. The fourth-order valence-electron chi connectivity index (χ4n) is 3.86. The SMILES string of the molecule is CNC(=O)[C@H](C)N(Cc1cccc(Br)c1)C(=O)CN(c1ccc(Cl)cc1)S(=O)(=O)c1ccc(OC)c(OC)c1. The largest absolute Gasteiger partial charge is 0.493 e. The van der Waals surface area contributed by atoms with Gasteiger partial charge in [0.2, 0.25) is 11.8 Å². The molecule has 0 aromatic heterocycles. The van der Waals surface area contributed by atoms with Gasteiger partial charge in [-0.1, -0.05) is 39.7 Å². The number of sulfonamides is 1. The van der Waals surface area contributed by atoms with Gasteiger partial charge in [-0.05, 0) is 61.0 Å². The van der Waals surface area contributed by atoms with Gasteiger partial charge in [0.25, 0.3) is 10.0 Å². The third-order valence-corrected chi connectivity index (χ3v) is 8.51. The van der Waals surface area contributed by atoms with Gasteiger partial charge in [-0.3, -0.25) is 13.9 Å². The summed E-state index contributed by atoms with van der Waals surface area (Å²) in [6, 6.07) is 16.7. The monoisotopic (exact) mass is 637 g/mol. The van der Waals surface area contributed by atoms with Gasteiger partial charge in [-0.2, -0.15) is 0 Å². The standard InChI is InChI=1S/C27H29BrClN3O6S/c1-18(27(34)30-2)31(16-19-6-5-7-20(28)14-19)26(33)17-32(22-10-8-21(29)9-11-22)39(35,36)23-12-13-24(37-3)25(15-23)38-4/h5-15,18H,16-17H2,1-4H3,(H,30,34)/t18-/m0/s1. The highest BCUT2D eigenvalue weighted by atomic mass is 79.9. The van der Waals surface area contributed by atoms with Crippen LogP contribution in [-0.2, 0) is 26.2 Å². The summed E-state index contributed by atoms with van der Waals surface area (Å²) in [7, 11) is 0.0295. The highest BCUT2D eigenvalue weighted by Gasteiger charge is 2.33. The number of hydrogen-bond donors (Lipinski definition) is 1. The molecule has 1 N–H and O–H groups in total. The van der Waals surface area contributed by atoms with Crippen LogP contribution >= 0.6 is 27.5 Å². The minimum atomic E-state index is -4.29. The molecule has 0 saturated carbocycles. The van der Waals surface area contributed by atoms with Crippen LogP contribution < -0.4 is 19.1 Å². The van der Waals surface area contributed by atoms with E-state index in [-0.39, 0.29) is 28.8 Å². The first kappa shape index (κ1) is 30.3. The molecule has 3 aromatic carbocycles. The third-order valence-electron chi connectivity index (χ3n) is 5.99. The molecule has 0 fully saturated rings. The Labute approximate surface area is 241 Å². The lowest BCUT2D eigenvalue weighted by atomic mass is 10.1. The lowest BCUT2D eigenvalue weighted by molar-refractivity contribution is -0.139. The smallest absolute Gasteiger partial charge is 0.264 e. The Morgan fingerprint density at radius 3 is 2.26 bits per heavy atom. The number of halogens is 2. The molecule has 0 saturated heterocycles. The number of methoxy groups -OCH3 is 2. The number of ether oxygens (including phenoxy) is 2. The van der Waals surface area contributed by atoms with Crippen LogP contribution in [0.2, 0.25) is 5.02 Å². The number of anilines is 1. The summed E-state index contributed by atoms with van der Waals surface area (Å²) in [5.74, 6) is -0.403. The summed E-state index contributed by atoms with van der Waals surface area (Å²) in [4.78, 5) is 27.6. The maximum absolute atomic E-state index is 13.9. The van der Waals surface area contributed by atoms with Gasteiger partial charge in [0.1, 0.15) is 12.6 Å². The second-order valence-electron chi connectivity index (χ2n) is 8.45. The molecule has 1 atom stereocenters. The lowest BCUT2D eigenvalue weighted by Gasteiger charge is -2.32. The van der Waals surface area contributed by atoms with E-state index in [2.05, 4.69) is 21.2 Å². The minimum Gasteiger partial charge on any atom is -0.493 e. The van der Waals surface area contributed by atoms with E-state index in [1.165, 1.54) is 68.6 Å². The van der Waals surface area contributed by atoms with Gasteiger partial charge < -0.3 is 19.7 Å². The number of carbonyl (C=O) groups excluding carboxylic acids is 2. The summed E-state index contributed by atoms with van der Waals surface area (Å²) in [6.07, 6.45) is 0. The predicted molar refractivity (Wildman–Crippen MR) is 154 cm³/mol. The first-order chi connectivity index (χ1) is 18.5. The van der Waals surface area contributed by atoms with Crippen LogP contribution in [0, 0.1) is 0 Å². The second-order valence-corrected chi connectivity index (χ2v) is 11.7. The third kappa shape index (κ3) is 7.23. The van der Waals surface area contributed by atoms with Crippen molar-refractivity contribution in [1.29, 1.82) is 0 Å². The number of hydrogen-bond acceptors (Lipinski definition) is 6. The van der Waals surface area contributed by atoms with E-state index in [0.29, 0.717) is 10.8 Å². The van der Waals surface area contributed by atoms with Crippen molar-refractivity contribution in [2.75, 3.05) is 32.1 Å². The molecule has 0 unspecified atom stereocenters. The molecule has 0 radical (unpaired) electrons. The molecule has 0 bridgehead atoms. The molecular formula is C27H29BrClN3O6S. The van der Waals surface area contributed by atoms with Crippen molar-refractivity contribution >= 4 is 55.1 Å². The first-order valence-electron chi connectivity index (χ1n) is 11.8. The predicted octanol–water partition coefficient (Wildman–Crippen LogP) is 4.48.